The Balaban J connectivity index is 1.74. The standard InChI is InChI=1S/C20H24ClN3O/c1-13(2)17-10-19(24-16-8-6-15(21)7-9-16)22-12-18(17)20(25)23-11-14-4-3-5-14/h6-10,12-14H,3-5,11H2,1-2H3,(H,22,24)(H,23,25). The van der Waals surface area contributed by atoms with Crippen molar-refractivity contribution in [1.29, 1.82) is 0 Å². The molecule has 0 radical (unpaired) electrons. The Labute approximate surface area is 154 Å². The van der Waals surface area contributed by atoms with Crippen molar-refractivity contribution in [2.45, 2.75) is 39.0 Å². The van der Waals surface area contributed by atoms with E-state index >= 15 is 0 Å². The van der Waals surface area contributed by atoms with Crippen LogP contribution in [0.3, 0.4) is 0 Å². The molecule has 1 aromatic carbocycles. The Kier molecular flexibility index (Phi) is 5.59. The number of nitrogens with zero attached hydrogens (tertiary/aromatic N) is 1. The summed E-state index contributed by atoms with van der Waals surface area (Å²) in [6.07, 6.45) is 5.40. The summed E-state index contributed by atoms with van der Waals surface area (Å²) in [6, 6.07) is 9.42. The molecule has 5 heteroatoms. The second-order valence-electron chi connectivity index (χ2n) is 6.95. The zero-order valence-electron chi connectivity index (χ0n) is 14.7. The summed E-state index contributed by atoms with van der Waals surface area (Å²) in [5.41, 5.74) is 2.57. The smallest absolute Gasteiger partial charge is 0.253 e. The van der Waals surface area contributed by atoms with Crippen molar-refractivity contribution in [3.63, 3.8) is 0 Å². The molecule has 0 saturated heterocycles. The van der Waals surface area contributed by atoms with Gasteiger partial charge in [-0.05, 0) is 60.6 Å². The third-order valence-corrected chi connectivity index (χ3v) is 4.95. The van der Waals surface area contributed by atoms with E-state index in [9.17, 15) is 4.79 Å². The van der Waals surface area contributed by atoms with Crippen LogP contribution in [0.2, 0.25) is 5.02 Å². The zero-order valence-corrected chi connectivity index (χ0v) is 15.4. The van der Waals surface area contributed by atoms with E-state index in [1.807, 2.05) is 30.3 Å². The number of anilines is 2. The van der Waals surface area contributed by atoms with Crippen molar-refractivity contribution in [1.82, 2.24) is 10.3 Å². The van der Waals surface area contributed by atoms with Crippen LogP contribution in [-0.2, 0) is 0 Å². The maximum atomic E-state index is 12.5. The van der Waals surface area contributed by atoms with Crippen molar-refractivity contribution >= 4 is 29.0 Å². The molecular formula is C20H24ClN3O. The van der Waals surface area contributed by atoms with Crippen LogP contribution in [0.4, 0.5) is 11.5 Å². The summed E-state index contributed by atoms with van der Waals surface area (Å²) in [4.78, 5) is 17.0. The highest BCUT2D eigenvalue weighted by Gasteiger charge is 2.20. The fourth-order valence-corrected chi connectivity index (χ4v) is 3.04. The lowest BCUT2D eigenvalue weighted by atomic mass is 9.85. The van der Waals surface area contributed by atoms with E-state index < -0.39 is 0 Å². The van der Waals surface area contributed by atoms with Crippen molar-refractivity contribution in [3.8, 4) is 0 Å². The van der Waals surface area contributed by atoms with Crippen molar-refractivity contribution in [2.24, 2.45) is 5.92 Å². The first-order valence-electron chi connectivity index (χ1n) is 8.83. The Morgan fingerprint density at radius 1 is 1.28 bits per heavy atom. The molecule has 1 fully saturated rings. The number of hydrogen-bond acceptors (Lipinski definition) is 3. The van der Waals surface area contributed by atoms with Crippen LogP contribution in [0.15, 0.2) is 36.5 Å². The van der Waals surface area contributed by atoms with E-state index in [4.69, 9.17) is 11.6 Å². The van der Waals surface area contributed by atoms with Gasteiger partial charge in [-0.1, -0.05) is 31.9 Å². The maximum absolute atomic E-state index is 12.5. The van der Waals surface area contributed by atoms with Gasteiger partial charge in [0.2, 0.25) is 0 Å². The quantitative estimate of drug-likeness (QED) is 0.753. The zero-order chi connectivity index (χ0) is 17.8. The number of aromatic nitrogens is 1. The molecule has 0 spiro atoms. The summed E-state index contributed by atoms with van der Waals surface area (Å²) in [5.74, 6) is 1.58. The van der Waals surface area contributed by atoms with E-state index in [0.717, 1.165) is 23.6 Å². The molecule has 1 saturated carbocycles. The van der Waals surface area contributed by atoms with Gasteiger partial charge in [-0.3, -0.25) is 4.79 Å². The molecular weight excluding hydrogens is 334 g/mol. The normalized spacial score (nSPS) is 14.2. The number of carbonyl (C=O) groups is 1. The number of hydrogen-bond donors (Lipinski definition) is 2. The molecule has 1 amide bonds. The Hall–Kier alpha value is -2.07. The number of carbonyl (C=O) groups excluding carboxylic acids is 1. The molecule has 1 aliphatic carbocycles. The largest absolute Gasteiger partial charge is 0.352 e. The Morgan fingerprint density at radius 3 is 2.60 bits per heavy atom. The highest BCUT2D eigenvalue weighted by Crippen LogP contribution is 2.27. The highest BCUT2D eigenvalue weighted by molar-refractivity contribution is 6.30. The average molecular weight is 358 g/mol. The van der Waals surface area contributed by atoms with Gasteiger partial charge in [0, 0.05) is 23.5 Å². The number of rotatable bonds is 6. The molecule has 0 atom stereocenters. The molecule has 2 N–H and O–H groups in total. The molecule has 4 nitrogen and oxygen atoms in total. The van der Waals surface area contributed by atoms with E-state index in [-0.39, 0.29) is 11.8 Å². The fraction of sp³-hybridized carbons (Fsp3) is 0.400. The van der Waals surface area contributed by atoms with Crippen LogP contribution >= 0.6 is 11.6 Å². The number of pyridine rings is 1. The molecule has 3 rings (SSSR count). The third kappa shape index (κ3) is 4.51. The minimum absolute atomic E-state index is 0.0267. The predicted molar refractivity (Wildman–Crippen MR) is 103 cm³/mol. The van der Waals surface area contributed by atoms with Gasteiger partial charge in [0.1, 0.15) is 5.82 Å². The summed E-state index contributed by atoms with van der Waals surface area (Å²) in [5, 5.41) is 7.01. The topological polar surface area (TPSA) is 54.0 Å². The second-order valence-corrected chi connectivity index (χ2v) is 7.39. The molecule has 0 aliphatic heterocycles. The van der Waals surface area contributed by atoms with Crippen LogP contribution in [0.5, 0.6) is 0 Å². The van der Waals surface area contributed by atoms with E-state index in [1.54, 1.807) is 6.20 Å². The first-order chi connectivity index (χ1) is 12.0. The summed E-state index contributed by atoms with van der Waals surface area (Å²) < 4.78 is 0. The van der Waals surface area contributed by atoms with Gasteiger partial charge < -0.3 is 10.6 Å². The number of amides is 1. The Bertz CT molecular complexity index is 739. The van der Waals surface area contributed by atoms with Gasteiger partial charge in [-0.25, -0.2) is 4.98 Å². The average Bonchev–Trinajstić information content (AvgIpc) is 2.55. The van der Waals surface area contributed by atoms with Gasteiger partial charge in [0.25, 0.3) is 5.91 Å². The molecule has 1 aliphatic rings. The van der Waals surface area contributed by atoms with Crippen molar-refractivity contribution < 1.29 is 4.79 Å². The van der Waals surface area contributed by atoms with Crippen molar-refractivity contribution in [3.05, 3.63) is 52.7 Å². The van der Waals surface area contributed by atoms with Gasteiger partial charge in [0.15, 0.2) is 0 Å². The molecule has 0 unspecified atom stereocenters. The van der Waals surface area contributed by atoms with Gasteiger partial charge in [0.05, 0.1) is 5.56 Å². The lowest BCUT2D eigenvalue weighted by Gasteiger charge is -2.25. The lowest BCUT2D eigenvalue weighted by Crippen LogP contribution is -2.32. The van der Waals surface area contributed by atoms with E-state index in [0.29, 0.717) is 16.5 Å². The minimum Gasteiger partial charge on any atom is -0.352 e. The maximum Gasteiger partial charge on any atom is 0.253 e. The fourth-order valence-electron chi connectivity index (χ4n) is 2.92. The lowest BCUT2D eigenvalue weighted by molar-refractivity contribution is 0.0937. The summed E-state index contributed by atoms with van der Waals surface area (Å²) in [7, 11) is 0. The van der Waals surface area contributed by atoms with Crippen LogP contribution in [-0.4, -0.2) is 17.4 Å². The van der Waals surface area contributed by atoms with E-state index in [2.05, 4.69) is 29.5 Å². The van der Waals surface area contributed by atoms with Gasteiger partial charge in [-0.15, -0.1) is 0 Å². The first-order valence-corrected chi connectivity index (χ1v) is 9.21. The van der Waals surface area contributed by atoms with Crippen LogP contribution in [0, 0.1) is 5.92 Å². The minimum atomic E-state index is -0.0267. The van der Waals surface area contributed by atoms with Crippen LogP contribution in [0.1, 0.15) is 54.9 Å². The Morgan fingerprint density at radius 2 is 2.00 bits per heavy atom. The first kappa shape index (κ1) is 17.7. The van der Waals surface area contributed by atoms with Crippen LogP contribution < -0.4 is 10.6 Å². The number of nitrogens with one attached hydrogen (secondary N) is 2. The third-order valence-electron chi connectivity index (χ3n) is 4.70. The van der Waals surface area contributed by atoms with E-state index in [1.165, 1.54) is 19.3 Å². The molecule has 25 heavy (non-hydrogen) atoms. The van der Waals surface area contributed by atoms with Crippen LogP contribution in [0.25, 0.3) is 0 Å². The monoisotopic (exact) mass is 357 g/mol. The SMILES string of the molecule is CC(C)c1cc(Nc2ccc(Cl)cc2)ncc1C(=O)NCC1CCC1. The summed E-state index contributed by atoms with van der Waals surface area (Å²) >= 11 is 5.92. The molecule has 132 valence electrons. The van der Waals surface area contributed by atoms with Gasteiger partial charge in [-0.2, -0.15) is 0 Å². The number of benzene rings is 1. The number of halogens is 1. The molecule has 0 bridgehead atoms. The second kappa shape index (κ2) is 7.87. The molecule has 2 aromatic rings. The molecule has 1 heterocycles. The predicted octanol–water partition coefficient (Wildman–Crippen LogP) is 5.13. The molecule has 1 aromatic heterocycles. The van der Waals surface area contributed by atoms with Crippen molar-refractivity contribution in [2.75, 3.05) is 11.9 Å². The highest BCUT2D eigenvalue weighted by atomic mass is 35.5. The summed E-state index contributed by atoms with van der Waals surface area (Å²) in [6.45, 7) is 4.94. The van der Waals surface area contributed by atoms with Gasteiger partial charge >= 0.3 is 0 Å².